The molecule has 228 valence electrons. The Balaban J connectivity index is 1.24. The molecule has 0 unspecified atom stereocenters. The summed E-state index contributed by atoms with van der Waals surface area (Å²) in [5.41, 5.74) is 0.625. The van der Waals surface area contributed by atoms with Crippen molar-refractivity contribution in [1.82, 2.24) is 15.1 Å². The minimum atomic E-state index is -1.12. The maximum Gasteiger partial charge on any atom is 0.246 e. The van der Waals surface area contributed by atoms with Crippen LogP contribution in [0.1, 0.15) is 64.9 Å². The van der Waals surface area contributed by atoms with E-state index in [-0.39, 0.29) is 23.8 Å². The highest BCUT2D eigenvalue weighted by molar-refractivity contribution is 6.02. The SMILES string of the molecule is Cc1cccc(NC(=O)[C@@H]2[C@@H]3C=C[C@]4(O3)[C@@H]2C(=O)N(CCCN2CCC[C@H](C)C2)[C@H]4C(=O)N[C@@H]2CCC[C@H](C)[C@H]2C)c1. The van der Waals surface area contributed by atoms with Crippen LogP contribution in [0, 0.1) is 36.5 Å². The second kappa shape index (κ2) is 11.8. The molecule has 4 aliphatic heterocycles. The van der Waals surface area contributed by atoms with E-state index in [2.05, 4.69) is 36.3 Å². The number of fused-ring (bicyclic) bond motifs is 1. The number of aryl methyl sites for hydroxylation is 1. The first-order valence-electron chi connectivity index (χ1n) is 16.3. The van der Waals surface area contributed by atoms with Crippen LogP contribution in [0.2, 0.25) is 0 Å². The van der Waals surface area contributed by atoms with Crippen molar-refractivity contribution in [2.24, 2.45) is 29.6 Å². The van der Waals surface area contributed by atoms with Crippen molar-refractivity contribution in [3.05, 3.63) is 42.0 Å². The molecule has 42 heavy (non-hydrogen) atoms. The summed E-state index contributed by atoms with van der Waals surface area (Å²) in [7, 11) is 0. The molecule has 0 aromatic heterocycles. The van der Waals surface area contributed by atoms with Gasteiger partial charge in [-0.3, -0.25) is 14.4 Å². The molecule has 8 nitrogen and oxygen atoms in total. The summed E-state index contributed by atoms with van der Waals surface area (Å²) in [6.45, 7) is 12.3. The molecule has 3 saturated heterocycles. The van der Waals surface area contributed by atoms with E-state index in [0.29, 0.717) is 30.0 Å². The molecule has 3 amide bonds. The Labute approximate surface area is 250 Å². The van der Waals surface area contributed by atoms with Gasteiger partial charge in [0.15, 0.2) is 0 Å². The molecule has 8 heteroatoms. The molecule has 2 bridgehead atoms. The minimum Gasteiger partial charge on any atom is -0.359 e. The third-order valence-corrected chi connectivity index (χ3v) is 10.9. The van der Waals surface area contributed by atoms with Crippen molar-refractivity contribution >= 4 is 23.4 Å². The quantitative estimate of drug-likeness (QED) is 0.454. The fourth-order valence-corrected chi connectivity index (χ4v) is 8.46. The average Bonchev–Trinajstić information content (AvgIpc) is 3.59. The van der Waals surface area contributed by atoms with Gasteiger partial charge < -0.3 is 25.2 Å². The topological polar surface area (TPSA) is 91.0 Å². The third-order valence-electron chi connectivity index (χ3n) is 10.9. The van der Waals surface area contributed by atoms with Gasteiger partial charge >= 0.3 is 0 Å². The van der Waals surface area contributed by atoms with Crippen molar-refractivity contribution in [3.8, 4) is 0 Å². The number of amides is 3. The summed E-state index contributed by atoms with van der Waals surface area (Å²) in [6.07, 6.45) is 9.76. The van der Waals surface area contributed by atoms with Gasteiger partial charge in [-0.2, -0.15) is 0 Å². The zero-order valence-electron chi connectivity index (χ0n) is 25.7. The summed E-state index contributed by atoms with van der Waals surface area (Å²) in [5, 5.41) is 6.39. The molecule has 5 aliphatic rings. The second-order valence-electron chi connectivity index (χ2n) is 13.9. The van der Waals surface area contributed by atoms with Crippen LogP contribution >= 0.6 is 0 Å². The van der Waals surface area contributed by atoms with Gasteiger partial charge in [0, 0.05) is 24.8 Å². The van der Waals surface area contributed by atoms with E-state index >= 15 is 0 Å². The molecule has 1 aliphatic carbocycles. The first-order chi connectivity index (χ1) is 20.2. The summed E-state index contributed by atoms with van der Waals surface area (Å²) >= 11 is 0. The van der Waals surface area contributed by atoms with E-state index < -0.39 is 29.6 Å². The largest absolute Gasteiger partial charge is 0.359 e. The molecule has 1 aromatic rings. The smallest absolute Gasteiger partial charge is 0.246 e. The van der Waals surface area contributed by atoms with Crippen LogP contribution in [-0.4, -0.2) is 77.5 Å². The van der Waals surface area contributed by atoms with Gasteiger partial charge in [-0.25, -0.2) is 0 Å². The van der Waals surface area contributed by atoms with Crippen LogP contribution in [0.3, 0.4) is 0 Å². The number of nitrogens with zero attached hydrogens (tertiary/aromatic N) is 2. The van der Waals surface area contributed by atoms with Crippen molar-refractivity contribution in [1.29, 1.82) is 0 Å². The molecule has 0 radical (unpaired) electrons. The van der Waals surface area contributed by atoms with Gasteiger partial charge in [-0.15, -0.1) is 0 Å². The van der Waals surface area contributed by atoms with Crippen molar-refractivity contribution in [3.63, 3.8) is 0 Å². The molecule has 1 saturated carbocycles. The predicted octanol–water partition coefficient (Wildman–Crippen LogP) is 4.15. The average molecular weight is 577 g/mol. The van der Waals surface area contributed by atoms with Crippen LogP contribution in [-0.2, 0) is 19.1 Å². The Morgan fingerprint density at radius 3 is 2.69 bits per heavy atom. The molecule has 1 aromatic carbocycles. The highest BCUT2D eigenvalue weighted by atomic mass is 16.5. The first kappa shape index (κ1) is 29.4. The number of nitrogens with one attached hydrogen (secondary N) is 2. The fraction of sp³-hybridized carbons (Fsp3) is 0.676. The Kier molecular flexibility index (Phi) is 8.22. The third kappa shape index (κ3) is 5.30. The fourth-order valence-electron chi connectivity index (χ4n) is 8.46. The van der Waals surface area contributed by atoms with E-state index in [0.717, 1.165) is 44.5 Å². The maximum atomic E-state index is 14.3. The monoisotopic (exact) mass is 576 g/mol. The van der Waals surface area contributed by atoms with Crippen molar-refractivity contribution in [2.75, 3.05) is 31.5 Å². The second-order valence-corrected chi connectivity index (χ2v) is 13.9. The zero-order chi connectivity index (χ0) is 29.6. The van der Waals surface area contributed by atoms with E-state index in [4.69, 9.17) is 4.74 Å². The lowest BCUT2D eigenvalue weighted by atomic mass is 9.73. The standard InChI is InChI=1S/C34H48N4O4/c1-21-9-5-12-25(19-21)35-31(39)28-27-14-15-34(42-27)29(28)33(41)38(18-8-17-37-16-7-10-22(2)20-37)30(34)32(40)36-26-13-6-11-23(3)24(26)4/h5,9,12,14-15,19,22-24,26-30H,6-8,10-11,13,16-18,20H2,1-4H3,(H,35,39)(H,36,40)/t22-,23-,24+,26+,27-,28+,29-,30-,34-/m0/s1. The molecular formula is C34H48N4O4. The van der Waals surface area contributed by atoms with Gasteiger partial charge in [0.1, 0.15) is 11.6 Å². The summed E-state index contributed by atoms with van der Waals surface area (Å²) in [6, 6.07) is 6.96. The van der Waals surface area contributed by atoms with Crippen LogP contribution < -0.4 is 10.6 Å². The maximum absolute atomic E-state index is 14.3. The summed E-state index contributed by atoms with van der Waals surface area (Å²) < 4.78 is 6.56. The number of hydrogen-bond donors (Lipinski definition) is 2. The number of carbonyl (C=O) groups excluding carboxylic acids is 3. The van der Waals surface area contributed by atoms with Crippen molar-refractivity contribution in [2.45, 2.75) is 90.0 Å². The van der Waals surface area contributed by atoms with Gasteiger partial charge in [0.2, 0.25) is 17.7 Å². The lowest BCUT2D eigenvalue weighted by Gasteiger charge is -2.38. The number of anilines is 1. The van der Waals surface area contributed by atoms with E-state index in [1.54, 1.807) is 4.90 Å². The van der Waals surface area contributed by atoms with Gasteiger partial charge in [-0.1, -0.05) is 57.9 Å². The minimum absolute atomic E-state index is 0.0755. The molecular weight excluding hydrogens is 528 g/mol. The lowest BCUT2D eigenvalue weighted by Crippen LogP contribution is -2.58. The summed E-state index contributed by atoms with van der Waals surface area (Å²) in [5.74, 6) is -0.315. The van der Waals surface area contributed by atoms with Crippen LogP contribution in [0.15, 0.2) is 36.4 Å². The Bertz CT molecular complexity index is 1230. The van der Waals surface area contributed by atoms with Gasteiger partial charge in [0.25, 0.3) is 0 Å². The number of rotatable bonds is 8. The molecule has 9 atom stereocenters. The Hall–Kier alpha value is -2.71. The number of likely N-dealkylation sites (tertiary alicyclic amines) is 2. The number of hydrogen-bond acceptors (Lipinski definition) is 5. The molecule has 6 rings (SSSR count). The summed E-state index contributed by atoms with van der Waals surface area (Å²) in [4.78, 5) is 46.5. The van der Waals surface area contributed by atoms with E-state index in [1.165, 1.54) is 19.3 Å². The number of piperidine rings is 1. The zero-order valence-corrected chi connectivity index (χ0v) is 25.7. The van der Waals surface area contributed by atoms with E-state index in [9.17, 15) is 14.4 Å². The molecule has 1 spiro atoms. The Morgan fingerprint density at radius 1 is 1.07 bits per heavy atom. The number of ether oxygens (including phenoxy) is 1. The lowest BCUT2D eigenvalue weighted by molar-refractivity contribution is -0.141. The highest BCUT2D eigenvalue weighted by Gasteiger charge is 2.72. The molecule has 2 N–H and O–H groups in total. The van der Waals surface area contributed by atoms with Gasteiger partial charge in [-0.05, 0) is 81.1 Å². The first-order valence-corrected chi connectivity index (χ1v) is 16.3. The van der Waals surface area contributed by atoms with Crippen LogP contribution in [0.25, 0.3) is 0 Å². The molecule has 4 heterocycles. The highest BCUT2D eigenvalue weighted by Crippen LogP contribution is 2.55. The van der Waals surface area contributed by atoms with E-state index in [1.807, 2.05) is 43.3 Å². The number of benzene rings is 1. The number of carbonyl (C=O) groups is 3. The van der Waals surface area contributed by atoms with Crippen molar-refractivity contribution < 1.29 is 19.1 Å². The normalized spacial score (nSPS) is 37.6. The van der Waals surface area contributed by atoms with Crippen LogP contribution in [0.5, 0.6) is 0 Å². The molecule has 4 fully saturated rings. The van der Waals surface area contributed by atoms with Crippen LogP contribution in [0.4, 0.5) is 5.69 Å². The predicted molar refractivity (Wildman–Crippen MR) is 163 cm³/mol. The Morgan fingerprint density at radius 2 is 1.90 bits per heavy atom. The van der Waals surface area contributed by atoms with Gasteiger partial charge in [0.05, 0.1) is 17.9 Å².